The summed E-state index contributed by atoms with van der Waals surface area (Å²) in [6.45, 7) is 4.83. The van der Waals surface area contributed by atoms with Gasteiger partial charge in [-0.15, -0.1) is 6.58 Å². The zero-order valence-corrected chi connectivity index (χ0v) is 9.93. The number of nitrogens with zero attached hydrogens (tertiary/aromatic N) is 2. The molecule has 0 aliphatic carbocycles. The smallest absolute Gasteiger partial charge is 0.0955 e. The van der Waals surface area contributed by atoms with Crippen LogP contribution < -0.4 is 5.32 Å². The monoisotopic (exact) mass is 231 g/mol. The lowest BCUT2D eigenvalue weighted by atomic mass is 10.1. The Morgan fingerprint density at radius 1 is 1.59 bits per heavy atom. The molecule has 0 fully saturated rings. The molecule has 1 aromatic carbocycles. The molecule has 1 unspecified atom stereocenters. The summed E-state index contributed by atoms with van der Waals surface area (Å²) in [5, 5.41) is 13.1. The summed E-state index contributed by atoms with van der Waals surface area (Å²) in [6, 6.07) is 5.84. The number of nitrogens with one attached hydrogen (secondary N) is 1. The van der Waals surface area contributed by atoms with Crippen LogP contribution in [-0.4, -0.2) is 27.7 Å². The molecule has 2 rings (SSSR count). The van der Waals surface area contributed by atoms with E-state index in [4.69, 9.17) is 0 Å². The molecule has 4 heteroatoms. The van der Waals surface area contributed by atoms with Crippen LogP contribution >= 0.6 is 0 Å². The fraction of sp³-hybridized carbons (Fsp3) is 0.308. The number of fused-ring (bicyclic) bond motifs is 1. The van der Waals surface area contributed by atoms with Crippen molar-refractivity contribution in [2.75, 3.05) is 13.1 Å². The molecule has 1 atom stereocenters. The predicted octanol–water partition coefficient (Wildman–Crippen LogP) is 1.38. The number of benzene rings is 1. The molecule has 0 amide bonds. The van der Waals surface area contributed by atoms with Gasteiger partial charge in [-0.3, -0.25) is 0 Å². The first kappa shape index (κ1) is 11.8. The van der Waals surface area contributed by atoms with E-state index < -0.39 is 6.10 Å². The SMILES string of the molecule is C=CCNCC(O)c1ccc2c(c1)ncn2C. The molecule has 0 saturated carbocycles. The van der Waals surface area contributed by atoms with Crippen LogP contribution in [0.25, 0.3) is 11.0 Å². The van der Waals surface area contributed by atoms with Gasteiger partial charge in [-0.2, -0.15) is 0 Å². The zero-order chi connectivity index (χ0) is 12.3. The van der Waals surface area contributed by atoms with E-state index in [1.807, 2.05) is 29.8 Å². The van der Waals surface area contributed by atoms with Crippen LogP contribution in [0.4, 0.5) is 0 Å². The van der Waals surface area contributed by atoms with Gasteiger partial charge < -0.3 is 15.0 Å². The van der Waals surface area contributed by atoms with Gasteiger partial charge in [0.1, 0.15) is 0 Å². The average Bonchev–Trinajstić information content (AvgIpc) is 2.71. The van der Waals surface area contributed by atoms with Crippen molar-refractivity contribution in [1.82, 2.24) is 14.9 Å². The molecule has 0 spiro atoms. The lowest BCUT2D eigenvalue weighted by molar-refractivity contribution is 0.176. The summed E-state index contributed by atoms with van der Waals surface area (Å²) >= 11 is 0. The minimum absolute atomic E-state index is 0.513. The normalized spacial score (nSPS) is 12.8. The fourth-order valence-corrected chi connectivity index (χ4v) is 1.80. The van der Waals surface area contributed by atoms with Crippen LogP contribution in [0.3, 0.4) is 0 Å². The van der Waals surface area contributed by atoms with Gasteiger partial charge in [0, 0.05) is 20.1 Å². The predicted molar refractivity (Wildman–Crippen MR) is 68.7 cm³/mol. The highest BCUT2D eigenvalue weighted by Gasteiger charge is 2.08. The molecular formula is C13H17N3O. The van der Waals surface area contributed by atoms with Crippen LogP contribution in [0.2, 0.25) is 0 Å². The summed E-state index contributed by atoms with van der Waals surface area (Å²) in [4.78, 5) is 4.27. The maximum Gasteiger partial charge on any atom is 0.0955 e. The van der Waals surface area contributed by atoms with E-state index in [0.717, 1.165) is 16.6 Å². The van der Waals surface area contributed by atoms with Gasteiger partial charge in [0.25, 0.3) is 0 Å². The molecule has 4 nitrogen and oxygen atoms in total. The molecule has 2 N–H and O–H groups in total. The number of hydrogen-bond acceptors (Lipinski definition) is 3. The lowest BCUT2D eigenvalue weighted by Crippen LogP contribution is -2.21. The van der Waals surface area contributed by atoms with E-state index in [2.05, 4.69) is 16.9 Å². The third kappa shape index (κ3) is 2.54. The van der Waals surface area contributed by atoms with E-state index in [1.165, 1.54) is 0 Å². The van der Waals surface area contributed by atoms with Crippen LogP contribution in [0, 0.1) is 0 Å². The summed E-state index contributed by atoms with van der Waals surface area (Å²) in [5.41, 5.74) is 2.86. The molecule has 17 heavy (non-hydrogen) atoms. The molecule has 0 aliphatic heterocycles. The standard InChI is InChI=1S/C13H17N3O/c1-3-6-14-8-13(17)10-4-5-12-11(7-10)15-9-16(12)2/h3-5,7,9,13-14,17H,1,6,8H2,2H3. The van der Waals surface area contributed by atoms with Gasteiger partial charge in [0.2, 0.25) is 0 Å². The Kier molecular flexibility index (Phi) is 3.56. The average molecular weight is 231 g/mol. The molecule has 90 valence electrons. The van der Waals surface area contributed by atoms with E-state index in [-0.39, 0.29) is 0 Å². The van der Waals surface area contributed by atoms with Crippen molar-refractivity contribution >= 4 is 11.0 Å². The largest absolute Gasteiger partial charge is 0.387 e. The molecule has 2 aromatic rings. The summed E-state index contributed by atoms with van der Waals surface area (Å²) in [7, 11) is 1.96. The topological polar surface area (TPSA) is 50.1 Å². The van der Waals surface area contributed by atoms with Crippen molar-refractivity contribution in [2.45, 2.75) is 6.10 Å². The molecule has 1 aromatic heterocycles. The first-order valence-electron chi connectivity index (χ1n) is 5.63. The lowest BCUT2D eigenvalue weighted by Gasteiger charge is -2.11. The number of aryl methyl sites for hydroxylation is 1. The van der Waals surface area contributed by atoms with Crippen molar-refractivity contribution < 1.29 is 5.11 Å². The number of rotatable bonds is 5. The van der Waals surface area contributed by atoms with E-state index in [1.54, 1.807) is 12.4 Å². The minimum atomic E-state index is -0.513. The number of imidazole rings is 1. The van der Waals surface area contributed by atoms with E-state index in [0.29, 0.717) is 13.1 Å². The molecule has 0 saturated heterocycles. The van der Waals surface area contributed by atoms with Crippen molar-refractivity contribution in [3.8, 4) is 0 Å². The maximum absolute atomic E-state index is 9.98. The first-order chi connectivity index (χ1) is 8.22. The highest BCUT2D eigenvalue weighted by Crippen LogP contribution is 2.18. The second-order valence-corrected chi connectivity index (χ2v) is 4.07. The summed E-state index contributed by atoms with van der Waals surface area (Å²) in [5.74, 6) is 0. The van der Waals surface area contributed by atoms with E-state index in [9.17, 15) is 5.11 Å². The highest BCUT2D eigenvalue weighted by atomic mass is 16.3. The quantitative estimate of drug-likeness (QED) is 0.604. The Morgan fingerprint density at radius 3 is 3.18 bits per heavy atom. The molecule has 1 heterocycles. The van der Waals surface area contributed by atoms with Gasteiger partial charge in [0.05, 0.1) is 23.5 Å². The van der Waals surface area contributed by atoms with E-state index >= 15 is 0 Å². The molecule has 0 bridgehead atoms. The van der Waals surface area contributed by atoms with Crippen LogP contribution in [-0.2, 0) is 7.05 Å². The van der Waals surface area contributed by atoms with Crippen molar-refractivity contribution in [1.29, 1.82) is 0 Å². The van der Waals surface area contributed by atoms with Crippen molar-refractivity contribution in [2.24, 2.45) is 7.05 Å². The van der Waals surface area contributed by atoms with Gasteiger partial charge in [0.15, 0.2) is 0 Å². The Labute approximate surface area is 101 Å². The van der Waals surface area contributed by atoms with Crippen molar-refractivity contribution in [3.05, 3.63) is 42.7 Å². The highest BCUT2D eigenvalue weighted by molar-refractivity contribution is 5.76. The van der Waals surface area contributed by atoms with Crippen LogP contribution in [0.5, 0.6) is 0 Å². The van der Waals surface area contributed by atoms with Crippen LogP contribution in [0.15, 0.2) is 37.2 Å². The Bertz CT molecular complexity index is 518. The fourth-order valence-electron chi connectivity index (χ4n) is 1.80. The minimum Gasteiger partial charge on any atom is -0.387 e. The Balaban J connectivity index is 2.15. The second-order valence-electron chi connectivity index (χ2n) is 4.07. The second kappa shape index (κ2) is 5.12. The van der Waals surface area contributed by atoms with Gasteiger partial charge in [-0.1, -0.05) is 12.1 Å². The Hall–Kier alpha value is -1.65. The van der Waals surface area contributed by atoms with Gasteiger partial charge >= 0.3 is 0 Å². The number of hydrogen-bond donors (Lipinski definition) is 2. The number of aromatic nitrogens is 2. The van der Waals surface area contributed by atoms with Crippen molar-refractivity contribution in [3.63, 3.8) is 0 Å². The maximum atomic E-state index is 9.98. The number of aliphatic hydroxyl groups is 1. The van der Waals surface area contributed by atoms with Gasteiger partial charge in [-0.05, 0) is 17.7 Å². The van der Waals surface area contributed by atoms with Crippen LogP contribution in [0.1, 0.15) is 11.7 Å². The zero-order valence-electron chi connectivity index (χ0n) is 9.93. The summed E-state index contributed by atoms with van der Waals surface area (Å²) in [6.07, 6.45) is 3.03. The third-order valence-electron chi connectivity index (χ3n) is 2.76. The molecular weight excluding hydrogens is 214 g/mol. The molecule has 0 radical (unpaired) electrons. The van der Waals surface area contributed by atoms with Gasteiger partial charge in [-0.25, -0.2) is 4.98 Å². The molecule has 0 aliphatic rings. The summed E-state index contributed by atoms with van der Waals surface area (Å²) < 4.78 is 1.96. The number of aliphatic hydroxyl groups excluding tert-OH is 1. The Morgan fingerprint density at radius 2 is 2.41 bits per heavy atom. The first-order valence-corrected chi connectivity index (χ1v) is 5.63. The third-order valence-corrected chi connectivity index (χ3v) is 2.76.